The molecule has 0 fully saturated rings. The molecule has 1 N–H and O–H groups in total. The fourth-order valence-corrected chi connectivity index (χ4v) is 3.08. The molecule has 0 unspecified atom stereocenters. The molecule has 21 heavy (non-hydrogen) atoms. The maximum Gasteiger partial charge on any atom is 0.261 e. The van der Waals surface area contributed by atoms with Crippen LogP contribution in [0.25, 0.3) is 0 Å². The molecule has 2 aromatic carbocycles. The van der Waals surface area contributed by atoms with Gasteiger partial charge in [-0.3, -0.25) is 4.72 Å². The summed E-state index contributed by atoms with van der Waals surface area (Å²) in [7, 11) is -3.65. The molecule has 0 aliphatic rings. The summed E-state index contributed by atoms with van der Waals surface area (Å²) in [6.45, 7) is 3.85. The molecule has 0 saturated heterocycles. The maximum absolute atomic E-state index is 12.2. The van der Waals surface area contributed by atoms with Crippen LogP contribution in [0.4, 0.5) is 5.69 Å². The van der Waals surface area contributed by atoms with E-state index in [2.05, 4.69) is 4.72 Å². The van der Waals surface area contributed by atoms with Crippen LogP contribution in [-0.2, 0) is 10.0 Å². The van der Waals surface area contributed by atoms with Gasteiger partial charge in [-0.05, 0) is 56.3 Å². The Labute approximate surface area is 129 Å². The van der Waals surface area contributed by atoms with Crippen LogP contribution in [0.1, 0.15) is 13.8 Å². The first-order valence-corrected chi connectivity index (χ1v) is 8.28. The average Bonchev–Trinajstić information content (AvgIpc) is 2.40. The number of rotatable bonds is 5. The number of benzene rings is 2. The lowest BCUT2D eigenvalue weighted by Gasteiger charge is -2.11. The first-order valence-electron chi connectivity index (χ1n) is 6.42. The summed E-state index contributed by atoms with van der Waals surface area (Å²) in [4.78, 5) is 0.123. The standard InChI is InChI=1S/C15H16ClNO3S/c1-11(2)20-14-8-6-13(7-9-14)17-21(18,19)15-5-3-4-12(16)10-15/h3-11,17H,1-2H3. The summed E-state index contributed by atoms with van der Waals surface area (Å²) < 4.78 is 32.4. The highest BCUT2D eigenvalue weighted by Crippen LogP contribution is 2.21. The van der Waals surface area contributed by atoms with Gasteiger partial charge >= 0.3 is 0 Å². The summed E-state index contributed by atoms with van der Waals surface area (Å²) in [5.41, 5.74) is 0.464. The molecular weight excluding hydrogens is 310 g/mol. The molecule has 2 rings (SSSR count). The fourth-order valence-electron chi connectivity index (χ4n) is 1.72. The van der Waals surface area contributed by atoms with Crippen LogP contribution in [0.3, 0.4) is 0 Å². The van der Waals surface area contributed by atoms with Gasteiger partial charge in [0.2, 0.25) is 0 Å². The lowest BCUT2D eigenvalue weighted by Crippen LogP contribution is -2.13. The minimum absolute atomic E-state index is 0.0685. The quantitative estimate of drug-likeness (QED) is 0.906. The molecule has 0 atom stereocenters. The average molecular weight is 326 g/mol. The predicted octanol–water partition coefficient (Wildman–Crippen LogP) is 3.93. The summed E-state index contributed by atoms with van der Waals surface area (Å²) in [5, 5.41) is 0.374. The van der Waals surface area contributed by atoms with Crippen LogP contribution in [0, 0.1) is 0 Å². The van der Waals surface area contributed by atoms with Crippen molar-refractivity contribution in [2.45, 2.75) is 24.8 Å². The number of ether oxygens (including phenoxy) is 1. The van der Waals surface area contributed by atoms with Crippen LogP contribution in [0.2, 0.25) is 5.02 Å². The minimum Gasteiger partial charge on any atom is -0.491 e. The summed E-state index contributed by atoms with van der Waals surface area (Å²) in [6, 6.07) is 12.9. The highest BCUT2D eigenvalue weighted by atomic mass is 35.5. The van der Waals surface area contributed by atoms with E-state index < -0.39 is 10.0 Å². The van der Waals surface area contributed by atoms with E-state index >= 15 is 0 Å². The molecule has 0 bridgehead atoms. The minimum atomic E-state index is -3.65. The molecule has 0 aliphatic carbocycles. The highest BCUT2D eigenvalue weighted by Gasteiger charge is 2.14. The molecule has 0 spiro atoms. The summed E-state index contributed by atoms with van der Waals surface area (Å²) in [6.07, 6.45) is 0.0685. The molecular formula is C15H16ClNO3S. The van der Waals surface area contributed by atoms with Crippen LogP contribution < -0.4 is 9.46 Å². The van der Waals surface area contributed by atoms with E-state index in [0.717, 1.165) is 0 Å². The van der Waals surface area contributed by atoms with Gasteiger partial charge < -0.3 is 4.74 Å². The predicted molar refractivity (Wildman–Crippen MR) is 84.5 cm³/mol. The number of anilines is 1. The van der Waals surface area contributed by atoms with Crippen molar-refractivity contribution in [1.82, 2.24) is 0 Å². The second-order valence-corrected chi connectivity index (χ2v) is 6.87. The van der Waals surface area contributed by atoms with E-state index in [9.17, 15) is 8.42 Å². The normalized spacial score (nSPS) is 11.4. The Kier molecular flexibility index (Phi) is 4.75. The van der Waals surface area contributed by atoms with Gasteiger partial charge in [0, 0.05) is 10.7 Å². The fraction of sp³-hybridized carbons (Fsp3) is 0.200. The van der Waals surface area contributed by atoms with Crippen molar-refractivity contribution in [1.29, 1.82) is 0 Å². The molecule has 4 nitrogen and oxygen atoms in total. The van der Waals surface area contributed by atoms with E-state index in [1.165, 1.54) is 12.1 Å². The van der Waals surface area contributed by atoms with Crippen LogP contribution in [-0.4, -0.2) is 14.5 Å². The van der Waals surface area contributed by atoms with Gasteiger partial charge in [0.05, 0.1) is 11.0 Å². The van der Waals surface area contributed by atoms with Gasteiger partial charge in [-0.15, -0.1) is 0 Å². The van der Waals surface area contributed by atoms with Crippen LogP contribution in [0.5, 0.6) is 5.75 Å². The Morgan fingerprint density at radius 3 is 2.33 bits per heavy atom. The van der Waals surface area contributed by atoms with Gasteiger partial charge in [-0.1, -0.05) is 17.7 Å². The van der Waals surface area contributed by atoms with Crippen molar-refractivity contribution >= 4 is 27.3 Å². The van der Waals surface area contributed by atoms with Crippen molar-refractivity contribution in [2.24, 2.45) is 0 Å². The molecule has 0 saturated carbocycles. The number of nitrogens with one attached hydrogen (secondary N) is 1. The van der Waals surface area contributed by atoms with Gasteiger partial charge in [0.25, 0.3) is 10.0 Å². The Bertz CT molecular complexity index is 712. The monoisotopic (exact) mass is 325 g/mol. The molecule has 6 heteroatoms. The third-order valence-electron chi connectivity index (χ3n) is 2.58. The van der Waals surface area contributed by atoms with Crippen molar-refractivity contribution in [2.75, 3.05) is 4.72 Å². The number of halogens is 1. The van der Waals surface area contributed by atoms with Gasteiger partial charge in [0.1, 0.15) is 5.75 Å². The Morgan fingerprint density at radius 2 is 1.76 bits per heavy atom. The van der Waals surface area contributed by atoms with E-state index in [4.69, 9.17) is 16.3 Å². The number of hydrogen-bond donors (Lipinski definition) is 1. The number of hydrogen-bond acceptors (Lipinski definition) is 3. The van der Waals surface area contributed by atoms with Gasteiger partial charge in [-0.2, -0.15) is 0 Å². The molecule has 112 valence electrons. The molecule has 2 aromatic rings. The van der Waals surface area contributed by atoms with E-state index in [-0.39, 0.29) is 11.0 Å². The van der Waals surface area contributed by atoms with Crippen molar-refractivity contribution in [3.63, 3.8) is 0 Å². The second kappa shape index (κ2) is 6.37. The zero-order chi connectivity index (χ0) is 15.5. The third-order valence-corrected chi connectivity index (χ3v) is 4.20. The largest absolute Gasteiger partial charge is 0.491 e. The smallest absolute Gasteiger partial charge is 0.261 e. The van der Waals surface area contributed by atoms with Gasteiger partial charge in [-0.25, -0.2) is 8.42 Å². The summed E-state index contributed by atoms with van der Waals surface area (Å²) in [5.74, 6) is 0.690. The zero-order valence-corrected chi connectivity index (χ0v) is 13.3. The topological polar surface area (TPSA) is 55.4 Å². The Balaban J connectivity index is 2.17. The van der Waals surface area contributed by atoms with E-state index in [0.29, 0.717) is 16.5 Å². The third kappa shape index (κ3) is 4.37. The molecule has 0 amide bonds. The van der Waals surface area contributed by atoms with E-state index in [1.807, 2.05) is 13.8 Å². The molecule has 0 radical (unpaired) electrons. The Morgan fingerprint density at radius 1 is 1.10 bits per heavy atom. The van der Waals surface area contributed by atoms with Crippen molar-refractivity contribution in [3.05, 3.63) is 53.6 Å². The number of sulfonamides is 1. The zero-order valence-electron chi connectivity index (χ0n) is 11.7. The molecule has 0 aromatic heterocycles. The maximum atomic E-state index is 12.2. The van der Waals surface area contributed by atoms with Gasteiger partial charge in [0.15, 0.2) is 0 Å². The van der Waals surface area contributed by atoms with Crippen molar-refractivity contribution in [3.8, 4) is 5.75 Å². The first kappa shape index (κ1) is 15.7. The van der Waals surface area contributed by atoms with Crippen molar-refractivity contribution < 1.29 is 13.2 Å². The van der Waals surface area contributed by atoms with Crippen LogP contribution in [0.15, 0.2) is 53.4 Å². The van der Waals surface area contributed by atoms with E-state index in [1.54, 1.807) is 36.4 Å². The molecule has 0 aliphatic heterocycles. The lowest BCUT2D eigenvalue weighted by atomic mass is 10.3. The van der Waals surface area contributed by atoms with Crippen LogP contribution >= 0.6 is 11.6 Å². The SMILES string of the molecule is CC(C)Oc1ccc(NS(=O)(=O)c2cccc(Cl)c2)cc1. The lowest BCUT2D eigenvalue weighted by molar-refractivity contribution is 0.242. The highest BCUT2D eigenvalue weighted by molar-refractivity contribution is 7.92. The first-order chi connectivity index (χ1) is 9.87. The Hall–Kier alpha value is -1.72. The summed E-state index contributed by atoms with van der Waals surface area (Å²) >= 11 is 5.81. The second-order valence-electron chi connectivity index (χ2n) is 4.75. The molecule has 0 heterocycles.